The van der Waals surface area contributed by atoms with Gasteiger partial charge in [0.1, 0.15) is 12.2 Å². The molecule has 1 saturated carbocycles. The first-order valence-corrected chi connectivity index (χ1v) is 7.17. The van der Waals surface area contributed by atoms with E-state index in [-0.39, 0.29) is 0 Å². The number of alkyl halides is 1. The molecule has 0 aliphatic heterocycles. The lowest BCUT2D eigenvalue weighted by Gasteiger charge is -2.07. The minimum absolute atomic E-state index is 0.533. The Kier molecular flexibility index (Phi) is 3.55. The van der Waals surface area contributed by atoms with Crippen LogP contribution in [0.3, 0.4) is 0 Å². The highest BCUT2D eigenvalue weighted by Crippen LogP contribution is 2.33. The van der Waals surface area contributed by atoms with E-state index in [4.69, 9.17) is 16.3 Å². The summed E-state index contributed by atoms with van der Waals surface area (Å²) in [7, 11) is 1.60. The van der Waals surface area contributed by atoms with Crippen molar-refractivity contribution in [1.82, 2.24) is 19.5 Å². The zero-order valence-electron chi connectivity index (χ0n) is 11.0. The summed E-state index contributed by atoms with van der Waals surface area (Å²) in [6.45, 7) is 0.952. The Morgan fingerprint density at radius 3 is 2.95 bits per heavy atom. The highest BCUT2D eigenvalue weighted by molar-refractivity contribution is 6.17. The summed E-state index contributed by atoms with van der Waals surface area (Å²) in [6.07, 6.45) is 6.17. The first kappa shape index (κ1) is 12.7. The molecule has 1 fully saturated rings. The lowest BCUT2D eigenvalue weighted by Crippen LogP contribution is -2.06. The molecule has 1 aliphatic rings. The number of hydrogen-bond donors (Lipinski definition) is 0. The van der Waals surface area contributed by atoms with Gasteiger partial charge < -0.3 is 9.30 Å². The Labute approximate surface area is 117 Å². The van der Waals surface area contributed by atoms with Crippen molar-refractivity contribution in [1.29, 1.82) is 0 Å². The van der Waals surface area contributed by atoms with Gasteiger partial charge in [-0.2, -0.15) is 4.98 Å². The normalized spacial score (nSPS) is 15.1. The molecule has 19 heavy (non-hydrogen) atoms. The van der Waals surface area contributed by atoms with Gasteiger partial charge in [-0.25, -0.2) is 9.97 Å². The second-order valence-corrected chi connectivity index (χ2v) is 5.28. The molecule has 0 aromatic carbocycles. The third-order valence-corrected chi connectivity index (χ3v) is 3.74. The van der Waals surface area contributed by atoms with Crippen molar-refractivity contribution < 1.29 is 4.74 Å². The average molecular weight is 281 g/mol. The molecule has 5 nitrogen and oxygen atoms in total. The largest absolute Gasteiger partial charge is 0.479 e. The summed E-state index contributed by atoms with van der Waals surface area (Å²) < 4.78 is 7.42. The molecule has 102 valence electrons. The van der Waals surface area contributed by atoms with Gasteiger partial charge in [-0.3, -0.25) is 0 Å². The number of imidazole rings is 1. The van der Waals surface area contributed by atoms with E-state index in [1.165, 1.54) is 25.6 Å². The minimum atomic E-state index is 0.533. The fraction of sp³-hybridized carbons (Fsp3) is 0.615. The van der Waals surface area contributed by atoms with Crippen LogP contribution in [0.15, 0.2) is 6.33 Å². The summed E-state index contributed by atoms with van der Waals surface area (Å²) in [6, 6.07) is 0. The van der Waals surface area contributed by atoms with E-state index >= 15 is 0 Å². The molecule has 6 heteroatoms. The zero-order valence-corrected chi connectivity index (χ0v) is 11.7. The fourth-order valence-corrected chi connectivity index (χ4v) is 2.51. The molecule has 0 radical (unpaired) electrons. The summed E-state index contributed by atoms with van der Waals surface area (Å²) >= 11 is 5.86. The Morgan fingerprint density at radius 1 is 1.42 bits per heavy atom. The highest BCUT2D eigenvalue weighted by atomic mass is 35.5. The summed E-state index contributed by atoms with van der Waals surface area (Å²) in [5, 5.41) is 0. The monoisotopic (exact) mass is 280 g/mol. The third-order valence-electron chi connectivity index (χ3n) is 3.55. The number of rotatable bonds is 6. The van der Waals surface area contributed by atoms with Crippen molar-refractivity contribution in [3.05, 3.63) is 12.2 Å². The van der Waals surface area contributed by atoms with Gasteiger partial charge in [-0.15, -0.1) is 11.6 Å². The van der Waals surface area contributed by atoms with Gasteiger partial charge in [0, 0.05) is 18.8 Å². The van der Waals surface area contributed by atoms with Crippen LogP contribution in [0.5, 0.6) is 5.88 Å². The zero-order chi connectivity index (χ0) is 13.2. The Morgan fingerprint density at radius 2 is 2.26 bits per heavy atom. The number of hydrogen-bond acceptors (Lipinski definition) is 4. The second kappa shape index (κ2) is 5.33. The molecular formula is C13H17ClN4O. The van der Waals surface area contributed by atoms with Crippen molar-refractivity contribution in [3.8, 4) is 5.88 Å². The van der Waals surface area contributed by atoms with Crippen LogP contribution in [-0.2, 0) is 13.0 Å². The number of aryl methyl sites for hydroxylation is 2. The van der Waals surface area contributed by atoms with E-state index in [0.29, 0.717) is 11.8 Å². The van der Waals surface area contributed by atoms with Gasteiger partial charge in [-0.1, -0.05) is 12.8 Å². The lowest BCUT2D eigenvalue weighted by atomic mass is 10.3. The van der Waals surface area contributed by atoms with Crippen LogP contribution < -0.4 is 4.74 Å². The molecular weight excluding hydrogens is 264 g/mol. The van der Waals surface area contributed by atoms with E-state index in [1.807, 2.05) is 0 Å². The molecule has 2 aromatic heterocycles. The van der Waals surface area contributed by atoms with Gasteiger partial charge in [0.2, 0.25) is 5.88 Å². The molecule has 2 heterocycles. The molecule has 0 spiro atoms. The maximum Gasteiger partial charge on any atom is 0.245 e. The summed E-state index contributed by atoms with van der Waals surface area (Å²) in [5.41, 5.74) is 1.59. The van der Waals surface area contributed by atoms with Crippen LogP contribution in [0, 0.1) is 5.92 Å². The fourth-order valence-electron chi connectivity index (χ4n) is 2.34. The van der Waals surface area contributed by atoms with Crippen LogP contribution in [0.1, 0.15) is 25.1 Å². The molecule has 0 bridgehead atoms. The van der Waals surface area contributed by atoms with Crippen molar-refractivity contribution >= 4 is 22.8 Å². The van der Waals surface area contributed by atoms with E-state index in [1.54, 1.807) is 7.11 Å². The van der Waals surface area contributed by atoms with E-state index < -0.39 is 0 Å². The number of halogens is 1. The molecule has 1 aliphatic carbocycles. The molecule has 2 aromatic rings. The highest BCUT2D eigenvalue weighted by Gasteiger charge is 2.23. The van der Waals surface area contributed by atoms with Crippen LogP contribution in [0.25, 0.3) is 11.2 Å². The van der Waals surface area contributed by atoms with Crippen molar-refractivity contribution in [2.75, 3.05) is 13.0 Å². The smallest absolute Gasteiger partial charge is 0.245 e. The molecule has 0 unspecified atom stereocenters. The quantitative estimate of drug-likeness (QED) is 0.763. The van der Waals surface area contributed by atoms with Gasteiger partial charge in [0.15, 0.2) is 11.2 Å². The number of aromatic nitrogens is 4. The van der Waals surface area contributed by atoms with Crippen LogP contribution in [0.4, 0.5) is 0 Å². The number of methoxy groups -OCH3 is 1. The SMILES string of the molecule is COc1ncnc2c1nc(CCCl)n2CCC1CC1. The average Bonchev–Trinajstić information content (AvgIpc) is 3.18. The van der Waals surface area contributed by atoms with E-state index in [0.717, 1.165) is 35.9 Å². The second-order valence-electron chi connectivity index (χ2n) is 4.91. The maximum absolute atomic E-state index is 5.86. The number of ether oxygens (including phenoxy) is 1. The number of fused-ring (bicyclic) bond motifs is 1. The first-order valence-electron chi connectivity index (χ1n) is 6.63. The number of nitrogens with zero attached hydrogens (tertiary/aromatic N) is 4. The van der Waals surface area contributed by atoms with E-state index in [2.05, 4.69) is 19.5 Å². The van der Waals surface area contributed by atoms with Gasteiger partial charge >= 0.3 is 0 Å². The minimum Gasteiger partial charge on any atom is -0.479 e. The van der Waals surface area contributed by atoms with Crippen molar-refractivity contribution in [2.24, 2.45) is 5.92 Å². The lowest BCUT2D eigenvalue weighted by molar-refractivity contribution is 0.401. The van der Waals surface area contributed by atoms with Crippen molar-refractivity contribution in [3.63, 3.8) is 0 Å². The van der Waals surface area contributed by atoms with Crippen LogP contribution in [-0.4, -0.2) is 32.5 Å². The van der Waals surface area contributed by atoms with Crippen molar-refractivity contribution in [2.45, 2.75) is 32.2 Å². The van der Waals surface area contributed by atoms with Crippen LogP contribution >= 0.6 is 11.6 Å². The Hall–Kier alpha value is -1.36. The molecule has 0 N–H and O–H groups in total. The Bertz CT molecular complexity index is 579. The van der Waals surface area contributed by atoms with Crippen LogP contribution in [0.2, 0.25) is 0 Å². The summed E-state index contributed by atoms with van der Waals surface area (Å²) in [5.74, 6) is 2.95. The maximum atomic E-state index is 5.86. The molecule has 0 saturated heterocycles. The standard InChI is InChI=1S/C13H17ClN4O/c1-19-13-11-12(15-8-16-13)18(7-5-9-2-3-9)10(17-11)4-6-14/h8-9H,2-7H2,1H3. The summed E-state index contributed by atoms with van der Waals surface area (Å²) in [4.78, 5) is 13.1. The molecule has 3 rings (SSSR count). The van der Waals surface area contributed by atoms with E-state index in [9.17, 15) is 0 Å². The first-order chi connectivity index (χ1) is 9.33. The molecule has 0 atom stereocenters. The topological polar surface area (TPSA) is 52.8 Å². The molecule has 0 amide bonds. The van der Waals surface area contributed by atoms with Gasteiger partial charge in [0.05, 0.1) is 7.11 Å². The Balaban J connectivity index is 2.01. The third kappa shape index (κ3) is 2.52. The predicted octanol–water partition coefficient (Wildman–Crippen LogP) is 2.42. The predicted molar refractivity (Wildman–Crippen MR) is 73.6 cm³/mol. The van der Waals surface area contributed by atoms with Gasteiger partial charge in [-0.05, 0) is 12.3 Å². The van der Waals surface area contributed by atoms with Gasteiger partial charge in [0.25, 0.3) is 0 Å².